The summed E-state index contributed by atoms with van der Waals surface area (Å²) in [5.74, 6) is -1.23. The summed E-state index contributed by atoms with van der Waals surface area (Å²) in [5, 5.41) is 12.2. The van der Waals surface area contributed by atoms with Gasteiger partial charge in [0, 0.05) is 17.8 Å². The van der Waals surface area contributed by atoms with Crippen molar-refractivity contribution in [2.24, 2.45) is 17.3 Å². The highest BCUT2D eigenvalue weighted by molar-refractivity contribution is 6.89. The van der Waals surface area contributed by atoms with Gasteiger partial charge in [-0.05, 0) is 48.4 Å². The van der Waals surface area contributed by atoms with E-state index in [4.69, 9.17) is 4.74 Å². The number of ether oxygens (including phenoxy) is 1. The number of hydrogen-bond donors (Lipinski definition) is 1. The van der Waals surface area contributed by atoms with Crippen LogP contribution in [0.4, 0.5) is 0 Å². The van der Waals surface area contributed by atoms with Gasteiger partial charge >= 0.3 is 5.97 Å². The van der Waals surface area contributed by atoms with Gasteiger partial charge in [0.05, 0.1) is 20.6 Å². The van der Waals surface area contributed by atoms with Crippen LogP contribution in [0.3, 0.4) is 0 Å². The zero-order valence-electron chi connectivity index (χ0n) is 17.2. The normalized spacial score (nSPS) is 34.4. The van der Waals surface area contributed by atoms with Crippen LogP contribution in [-0.4, -0.2) is 38.1 Å². The van der Waals surface area contributed by atoms with Gasteiger partial charge < -0.3 is 9.84 Å². The van der Waals surface area contributed by atoms with Gasteiger partial charge in [-0.25, -0.2) is 0 Å². The summed E-state index contributed by atoms with van der Waals surface area (Å²) in [6, 6.07) is 2.34. The molecule has 1 N–H and O–H groups in total. The van der Waals surface area contributed by atoms with Crippen LogP contribution in [0, 0.1) is 24.2 Å². The zero-order chi connectivity index (χ0) is 19.9. The summed E-state index contributed by atoms with van der Waals surface area (Å²) in [7, 11) is -0.135. The number of methoxy groups -OCH3 is 1. The number of aliphatic hydroxyl groups is 1. The molecule has 0 unspecified atom stereocenters. The quantitative estimate of drug-likeness (QED) is 0.626. The Morgan fingerprint density at radius 3 is 2.56 bits per heavy atom. The minimum atomic E-state index is -1.56. The molecule has 0 aliphatic heterocycles. The van der Waals surface area contributed by atoms with E-state index in [9.17, 15) is 14.7 Å². The third kappa shape index (κ3) is 2.24. The second-order valence-corrected chi connectivity index (χ2v) is 14.9. The van der Waals surface area contributed by atoms with Gasteiger partial charge in [0.25, 0.3) is 0 Å². The molecule has 5 heteroatoms. The van der Waals surface area contributed by atoms with Crippen LogP contribution < -0.4 is 5.19 Å². The molecule has 0 spiro atoms. The standard InChI is InChI=1S/C22H30O4Si/c1-11-9-16(27(4,5)6)13-7-8-22(21(25)26-3)12(2)19(23)20(24)15-10-14(11)17(13)18(15)22/h9,12,15,18-19,23H,7-8,10H2,1-6H3/t12-,15+,18+,19-,22-/m1/s1. The third-order valence-corrected chi connectivity index (χ3v) is 9.67. The van der Waals surface area contributed by atoms with Gasteiger partial charge in [-0.2, -0.15) is 0 Å². The summed E-state index contributed by atoms with van der Waals surface area (Å²) in [4.78, 5) is 26.1. The fourth-order valence-corrected chi connectivity index (χ4v) is 8.10. The van der Waals surface area contributed by atoms with Crippen LogP contribution in [0.15, 0.2) is 6.07 Å². The first-order chi connectivity index (χ1) is 12.6. The van der Waals surface area contributed by atoms with Crippen molar-refractivity contribution >= 4 is 25.0 Å². The number of benzene rings is 1. The predicted molar refractivity (Wildman–Crippen MR) is 107 cm³/mol. The fraction of sp³-hybridized carbons (Fsp3) is 0.636. The van der Waals surface area contributed by atoms with E-state index in [1.54, 1.807) is 0 Å². The number of esters is 1. The SMILES string of the molecule is COC(=O)[C@@]12CCc3c([Si](C)(C)C)cc(C)c4c3[C@@H]1[C@H](C4)C(=O)[C@H](O)[C@H]2C. The number of rotatable bonds is 2. The maximum Gasteiger partial charge on any atom is 0.312 e. The Morgan fingerprint density at radius 1 is 1.30 bits per heavy atom. The van der Waals surface area contributed by atoms with Crippen molar-refractivity contribution in [1.82, 2.24) is 0 Å². The van der Waals surface area contributed by atoms with Crippen molar-refractivity contribution in [2.45, 2.75) is 64.8 Å². The maximum atomic E-state index is 13.1. The highest BCUT2D eigenvalue weighted by Gasteiger charge is 2.65. The minimum absolute atomic E-state index is 0.0926. The average molecular weight is 387 g/mol. The summed E-state index contributed by atoms with van der Waals surface area (Å²) < 4.78 is 5.27. The molecule has 0 amide bonds. The van der Waals surface area contributed by atoms with E-state index < -0.39 is 25.5 Å². The van der Waals surface area contributed by atoms with E-state index in [1.165, 1.54) is 34.6 Å². The number of aryl methyl sites for hydroxylation is 1. The first-order valence-corrected chi connectivity index (χ1v) is 13.5. The Morgan fingerprint density at radius 2 is 1.96 bits per heavy atom. The Labute approximate surface area is 162 Å². The Bertz CT molecular complexity index is 853. The molecule has 1 fully saturated rings. The van der Waals surface area contributed by atoms with Gasteiger partial charge in [-0.15, -0.1) is 0 Å². The van der Waals surface area contributed by atoms with Crippen molar-refractivity contribution in [3.63, 3.8) is 0 Å². The van der Waals surface area contributed by atoms with Crippen molar-refractivity contribution in [3.8, 4) is 0 Å². The van der Waals surface area contributed by atoms with E-state index in [-0.39, 0.29) is 23.6 Å². The molecular weight excluding hydrogens is 356 g/mol. The average Bonchev–Trinajstić information content (AvgIpc) is 3.03. The lowest BCUT2D eigenvalue weighted by Crippen LogP contribution is -2.59. The fourth-order valence-electron chi connectivity index (χ4n) is 6.29. The molecule has 0 aromatic heterocycles. The number of carbonyl (C=O) groups is 2. The Hall–Kier alpha value is -1.46. The second kappa shape index (κ2) is 5.77. The van der Waals surface area contributed by atoms with Crippen LogP contribution in [0.1, 0.15) is 41.5 Å². The predicted octanol–water partition coefficient (Wildman–Crippen LogP) is 2.48. The van der Waals surface area contributed by atoms with Crippen molar-refractivity contribution in [3.05, 3.63) is 28.3 Å². The van der Waals surface area contributed by atoms with Gasteiger partial charge in [0.15, 0.2) is 5.78 Å². The van der Waals surface area contributed by atoms with E-state index in [0.29, 0.717) is 12.8 Å². The van der Waals surface area contributed by atoms with E-state index in [1.807, 2.05) is 6.92 Å². The zero-order valence-corrected chi connectivity index (χ0v) is 18.2. The lowest BCUT2D eigenvalue weighted by Gasteiger charge is -2.52. The van der Waals surface area contributed by atoms with Gasteiger partial charge in [-0.3, -0.25) is 9.59 Å². The number of hydrogen-bond acceptors (Lipinski definition) is 4. The molecule has 3 aliphatic rings. The molecule has 146 valence electrons. The molecule has 1 aromatic rings. The van der Waals surface area contributed by atoms with E-state index in [2.05, 4.69) is 32.6 Å². The molecule has 4 rings (SSSR count). The van der Waals surface area contributed by atoms with Crippen molar-refractivity contribution in [2.75, 3.05) is 7.11 Å². The minimum Gasteiger partial charge on any atom is -0.469 e. The van der Waals surface area contributed by atoms with Crippen molar-refractivity contribution in [1.29, 1.82) is 0 Å². The Balaban J connectivity index is 2.03. The topological polar surface area (TPSA) is 63.6 Å². The van der Waals surface area contributed by atoms with Crippen LogP contribution in [-0.2, 0) is 27.2 Å². The summed E-state index contributed by atoms with van der Waals surface area (Å²) >= 11 is 0. The molecular formula is C22H30O4Si. The number of Topliss-reactive ketones (excluding diaryl/α,β-unsaturated/α-hetero) is 1. The molecule has 27 heavy (non-hydrogen) atoms. The molecule has 0 heterocycles. The van der Waals surface area contributed by atoms with Gasteiger partial charge in [0.1, 0.15) is 6.10 Å². The molecule has 0 bridgehead atoms. The summed E-state index contributed by atoms with van der Waals surface area (Å²) in [6.45, 7) is 11.1. The summed E-state index contributed by atoms with van der Waals surface area (Å²) in [5.41, 5.74) is 4.32. The number of carbonyl (C=O) groups excluding carboxylic acids is 2. The molecule has 3 aliphatic carbocycles. The lowest BCUT2D eigenvalue weighted by molar-refractivity contribution is -0.174. The first-order valence-electron chi connectivity index (χ1n) is 10.0. The monoisotopic (exact) mass is 386 g/mol. The highest BCUT2D eigenvalue weighted by atomic mass is 28.3. The lowest BCUT2D eigenvalue weighted by atomic mass is 9.51. The second-order valence-electron chi connectivity index (χ2n) is 9.82. The third-order valence-electron chi connectivity index (χ3n) is 7.61. The van der Waals surface area contributed by atoms with E-state index >= 15 is 0 Å². The first kappa shape index (κ1) is 18.9. The van der Waals surface area contributed by atoms with Gasteiger partial charge in [-0.1, -0.05) is 37.8 Å². The largest absolute Gasteiger partial charge is 0.469 e. The molecule has 5 atom stereocenters. The molecule has 1 aromatic carbocycles. The highest BCUT2D eigenvalue weighted by Crippen LogP contribution is 2.62. The molecule has 0 radical (unpaired) electrons. The van der Waals surface area contributed by atoms with Crippen LogP contribution >= 0.6 is 0 Å². The van der Waals surface area contributed by atoms with Crippen LogP contribution in [0.5, 0.6) is 0 Å². The summed E-state index contributed by atoms with van der Waals surface area (Å²) in [6.07, 6.45) is 1.04. The smallest absolute Gasteiger partial charge is 0.312 e. The van der Waals surface area contributed by atoms with E-state index in [0.717, 1.165) is 6.42 Å². The number of aliphatic hydroxyl groups excluding tert-OH is 1. The number of ketones is 1. The van der Waals surface area contributed by atoms with Crippen molar-refractivity contribution < 1.29 is 19.4 Å². The molecule has 0 saturated heterocycles. The Kier molecular flexibility index (Phi) is 4.03. The van der Waals surface area contributed by atoms with Crippen LogP contribution in [0.2, 0.25) is 19.6 Å². The van der Waals surface area contributed by atoms with Gasteiger partial charge in [0.2, 0.25) is 0 Å². The molecule has 4 nitrogen and oxygen atoms in total. The van der Waals surface area contributed by atoms with Crippen LogP contribution in [0.25, 0.3) is 0 Å². The maximum absolute atomic E-state index is 13.1. The molecule has 1 saturated carbocycles.